The fourth-order valence-corrected chi connectivity index (χ4v) is 2.29. The van der Waals surface area contributed by atoms with Gasteiger partial charge in [0.2, 0.25) is 0 Å². The number of halogens is 1. The maximum Gasteiger partial charge on any atom is 0.187 e. The SMILES string of the molecule is CC(C)Oc1ccc(/C=N\NC(=S)NCc2ccccc2)cc1Cl. The van der Waals surface area contributed by atoms with Crippen molar-refractivity contribution in [1.29, 1.82) is 0 Å². The van der Waals surface area contributed by atoms with Crippen LogP contribution in [0.5, 0.6) is 5.75 Å². The van der Waals surface area contributed by atoms with Crippen LogP contribution < -0.4 is 15.5 Å². The highest BCUT2D eigenvalue weighted by atomic mass is 35.5. The Hall–Kier alpha value is -2.11. The van der Waals surface area contributed by atoms with Gasteiger partial charge in [-0.25, -0.2) is 0 Å². The van der Waals surface area contributed by atoms with Crippen molar-refractivity contribution in [2.24, 2.45) is 5.10 Å². The van der Waals surface area contributed by atoms with E-state index in [0.717, 1.165) is 11.1 Å². The van der Waals surface area contributed by atoms with E-state index in [0.29, 0.717) is 22.4 Å². The van der Waals surface area contributed by atoms with Crippen molar-refractivity contribution in [3.8, 4) is 5.75 Å². The molecular formula is C18H20ClN3OS. The lowest BCUT2D eigenvalue weighted by Crippen LogP contribution is -2.31. The van der Waals surface area contributed by atoms with Crippen LogP contribution in [0.15, 0.2) is 53.6 Å². The number of benzene rings is 2. The van der Waals surface area contributed by atoms with Crippen molar-refractivity contribution < 1.29 is 4.74 Å². The molecule has 0 aromatic heterocycles. The summed E-state index contributed by atoms with van der Waals surface area (Å²) in [5.41, 5.74) is 4.79. The third-order valence-corrected chi connectivity index (χ3v) is 3.53. The maximum atomic E-state index is 6.19. The maximum absolute atomic E-state index is 6.19. The normalized spacial score (nSPS) is 10.8. The Morgan fingerprint density at radius 1 is 1.25 bits per heavy atom. The van der Waals surface area contributed by atoms with E-state index < -0.39 is 0 Å². The molecule has 0 spiro atoms. The van der Waals surface area contributed by atoms with Gasteiger partial charge in [-0.2, -0.15) is 5.10 Å². The van der Waals surface area contributed by atoms with Crippen LogP contribution in [0.3, 0.4) is 0 Å². The van der Waals surface area contributed by atoms with Gasteiger partial charge in [0.15, 0.2) is 5.11 Å². The van der Waals surface area contributed by atoms with Crippen molar-refractivity contribution >= 4 is 35.1 Å². The highest BCUT2D eigenvalue weighted by Gasteiger charge is 2.04. The molecule has 0 bridgehead atoms. The molecule has 0 unspecified atom stereocenters. The molecule has 0 aliphatic carbocycles. The van der Waals surface area contributed by atoms with Gasteiger partial charge in [0, 0.05) is 6.54 Å². The zero-order valence-electron chi connectivity index (χ0n) is 13.6. The van der Waals surface area contributed by atoms with Gasteiger partial charge in [-0.1, -0.05) is 41.9 Å². The van der Waals surface area contributed by atoms with Crippen molar-refractivity contribution in [2.45, 2.75) is 26.5 Å². The zero-order valence-corrected chi connectivity index (χ0v) is 15.2. The molecule has 24 heavy (non-hydrogen) atoms. The van der Waals surface area contributed by atoms with Crippen molar-refractivity contribution in [3.05, 3.63) is 64.7 Å². The highest BCUT2D eigenvalue weighted by molar-refractivity contribution is 7.80. The molecule has 2 rings (SSSR count). The third-order valence-electron chi connectivity index (χ3n) is 2.99. The van der Waals surface area contributed by atoms with Crippen LogP contribution in [-0.4, -0.2) is 17.4 Å². The van der Waals surface area contributed by atoms with E-state index >= 15 is 0 Å². The number of thiocarbonyl (C=S) groups is 1. The largest absolute Gasteiger partial charge is 0.489 e. The van der Waals surface area contributed by atoms with Gasteiger partial charge in [0.1, 0.15) is 5.75 Å². The molecule has 0 saturated heterocycles. The van der Waals surface area contributed by atoms with Gasteiger partial charge in [0.25, 0.3) is 0 Å². The fraction of sp³-hybridized carbons (Fsp3) is 0.222. The topological polar surface area (TPSA) is 45.6 Å². The number of nitrogens with zero attached hydrogens (tertiary/aromatic N) is 1. The predicted octanol–water partition coefficient (Wildman–Crippen LogP) is 4.13. The van der Waals surface area contributed by atoms with Gasteiger partial charge < -0.3 is 10.1 Å². The molecule has 0 atom stereocenters. The molecule has 2 aromatic rings. The molecule has 4 nitrogen and oxygen atoms in total. The molecule has 0 fully saturated rings. The van der Waals surface area contributed by atoms with Crippen molar-refractivity contribution in [2.75, 3.05) is 0 Å². The first-order chi connectivity index (χ1) is 11.5. The van der Waals surface area contributed by atoms with Crippen LogP contribution in [0.2, 0.25) is 5.02 Å². The first kappa shape index (κ1) is 18.2. The summed E-state index contributed by atoms with van der Waals surface area (Å²) in [7, 11) is 0. The number of nitrogens with one attached hydrogen (secondary N) is 2. The van der Waals surface area contributed by atoms with E-state index in [1.807, 2.05) is 56.3 Å². The standard InChI is InChI=1S/C18H20ClN3OS/c1-13(2)23-17-9-8-15(10-16(17)19)12-21-22-18(24)20-11-14-6-4-3-5-7-14/h3-10,12-13H,11H2,1-2H3,(H2,20,22,24)/b21-12-. The lowest BCUT2D eigenvalue weighted by Gasteiger charge is -2.11. The molecule has 0 aliphatic rings. The van der Waals surface area contributed by atoms with E-state index in [-0.39, 0.29) is 6.10 Å². The first-order valence-electron chi connectivity index (χ1n) is 7.61. The summed E-state index contributed by atoms with van der Waals surface area (Å²) in [6, 6.07) is 15.5. The summed E-state index contributed by atoms with van der Waals surface area (Å²) in [4.78, 5) is 0. The summed E-state index contributed by atoms with van der Waals surface area (Å²) < 4.78 is 5.59. The molecule has 0 aliphatic heterocycles. The Balaban J connectivity index is 1.82. The number of hydrazone groups is 1. The van der Waals surface area contributed by atoms with Crippen LogP contribution in [0.25, 0.3) is 0 Å². The molecule has 2 N–H and O–H groups in total. The van der Waals surface area contributed by atoms with Crippen molar-refractivity contribution in [1.82, 2.24) is 10.7 Å². The second kappa shape index (κ2) is 9.25. The predicted molar refractivity (Wildman–Crippen MR) is 104 cm³/mol. The molecule has 2 aromatic carbocycles. The Morgan fingerprint density at radius 3 is 2.67 bits per heavy atom. The van der Waals surface area contributed by atoms with Crippen molar-refractivity contribution in [3.63, 3.8) is 0 Å². The number of hydrogen-bond donors (Lipinski definition) is 2. The lowest BCUT2D eigenvalue weighted by atomic mass is 10.2. The molecule has 6 heteroatoms. The van der Waals surface area contributed by atoms with Crippen LogP contribution in [-0.2, 0) is 6.54 Å². The zero-order chi connectivity index (χ0) is 17.4. The number of rotatable bonds is 6. The smallest absolute Gasteiger partial charge is 0.187 e. The fourth-order valence-electron chi connectivity index (χ4n) is 1.93. The summed E-state index contributed by atoms with van der Waals surface area (Å²) in [6.45, 7) is 4.56. The summed E-state index contributed by atoms with van der Waals surface area (Å²) in [6.07, 6.45) is 1.73. The number of ether oxygens (including phenoxy) is 1. The Bertz CT molecular complexity index is 705. The Morgan fingerprint density at radius 2 is 2.00 bits per heavy atom. The minimum Gasteiger partial charge on any atom is -0.489 e. The van der Waals surface area contributed by atoms with E-state index in [4.69, 9.17) is 28.6 Å². The van der Waals surface area contributed by atoms with Crippen LogP contribution in [0.1, 0.15) is 25.0 Å². The summed E-state index contributed by atoms with van der Waals surface area (Å²) in [5.74, 6) is 0.664. The molecule has 0 heterocycles. The third kappa shape index (κ3) is 6.18. The van der Waals surface area contributed by atoms with E-state index in [1.165, 1.54) is 0 Å². The monoisotopic (exact) mass is 361 g/mol. The molecule has 0 saturated carbocycles. The minimum atomic E-state index is 0.0803. The quantitative estimate of drug-likeness (QED) is 0.461. The molecule has 126 valence electrons. The summed E-state index contributed by atoms with van der Waals surface area (Å²) >= 11 is 11.4. The average molecular weight is 362 g/mol. The lowest BCUT2D eigenvalue weighted by molar-refractivity contribution is 0.242. The van der Waals surface area contributed by atoms with Gasteiger partial charge in [0.05, 0.1) is 17.3 Å². The highest BCUT2D eigenvalue weighted by Crippen LogP contribution is 2.25. The Kier molecular flexibility index (Phi) is 7.03. The average Bonchev–Trinajstić information content (AvgIpc) is 2.56. The minimum absolute atomic E-state index is 0.0803. The molecular weight excluding hydrogens is 342 g/mol. The van der Waals surface area contributed by atoms with Crippen LogP contribution >= 0.6 is 23.8 Å². The second-order valence-corrected chi connectivity index (χ2v) is 6.21. The van der Waals surface area contributed by atoms with Gasteiger partial charge in [-0.15, -0.1) is 0 Å². The first-order valence-corrected chi connectivity index (χ1v) is 8.40. The van der Waals surface area contributed by atoms with E-state index in [1.54, 1.807) is 12.3 Å². The van der Waals surface area contributed by atoms with E-state index in [2.05, 4.69) is 15.8 Å². The second-order valence-electron chi connectivity index (χ2n) is 5.39. The number of hydrogen-bond acceptors (Lipinski definition) is 3. The van der Waals surface area contributed by atoms with Gasteiger partial charge in [-0.05, 0) is 55.4 Å². The van der Waals surface area contributed by atoms with E-state index in [9.17, 15) is 0 Å². The van der Waals surface area contributed by atoms with Crippen LogP contribution in [0.4, 0.5) is 0 Å². The molecule has 0 radical (unpaired) electrons. The summed E-state index contributed by atoms with van der Waals surface area (Å²) in [5, 5.41) is 8.21. The van der Waals surface area contributed by atoms with Gasteiger partial charge >= 0.3 is 0 Å². The van der Waals surface area contributed by atoms with Crippen LogP contribution in [0, 0.1) is 0 Å². The Labute approximate surface area is 152 Å². The molecule has 0 amide bonds. The van der Waals surface area contributed by atoms with Gasteiger partial charge in [-0.3, -0.25) is 5.43 Å².